The molecule has 1 aliphatic rings. The first-order chi connectivity index (χ1) is 4.91. The lowest BCUT2D eigenvalue weighted by molar-refractivity contribution is 0.518. The second kappa shape index (κ2) is 2.75. The van der Waals surface area contributed by atoms with Crippen molar-refractivity contribution in [3.63, 3.8) is 0 Å². The van der Waals surface area contributed by atoms with Gasteiger partial charge in [0.1, 0.15) is 0 Å². The van der Waals surface area contributed by atoms with Crippen molar-refractivity contribution in [1.29, 1.82) is 0 Å². The Balaban J connectivity index is 2.87. The number of hydrogen-bond acceptors (Lipinski definition) is 0. The van der Waals surface area contributed by atoms with Gasteiger partial charge in [-0.3, -0.25) is 0 Å². The second-order valence-electron chi connectivity index (χ2n) is 4.29. The topological polar surface area (TPSA) is 0 Å². The monoisotopic (exact) mass is 168 g/mol. The van der Waals surface area contributed by atoms with Gasteiger partial charge in [0, 0.05) is 5.66 Å². The van der Waals surface area contributed by atoms with E-state index in [0.717, 1.165) is 0 Å². The van der Waals surface area contributed by atoms with Crippen LogP contribution in [0.15, 0.2) is 23.3 Å². The van der Waals surface area contributed by atoms with Crippen molar-refractivity contribution in [3.8, 4) is 0 Å². The molecule has 11 heavy (non-hydrogen) atoms. The highest BCUT2D eigenvalue weighted by molar-refractivity contribution is 7.18. The van der Waals surface area contributed by atoms with Gasteiger partial charge in [-0.1, -0.05) is 38.5 Å². The van der Waals surface area contributed by atoms with Crippen molar-refractivity contribution in [3.05, 3.63) is 23.3 Å². The van der Waals surface area contributed by atoms with Gasteiger partial charge in [0.05, 0.1) is 0 Å². The Labute approximate surface area is 72.0 Å². The van der Waals surface area contributed by atoms with E-state index in [0.29, 0.717) is 11.1 Å². The first-order valence-electron chi connectivity index (χ1n) is 4.07. The molecule has 0 spiro atoms. The standard InChI is InChI=1S/C10H17P/c1-7-5-8(6-9(7)11)10(2,3)4/h5-6,9H,11H2,1-4H3. The van der Waals surface area contributed by atoms with Crippen LogP contribution < -0.4 is 0 Å². The third kappa shape index (κ3) is 1.93. The van der Waals surface area contributed by atoms with E-state index in [2.05, 4.69) is 49.1 Å². The largest absolute Gasteiger partial charge is 0.126 e. The van der Waals surface area contributed by atoms with Crippen LogP contribution >= 0.6 is 9.24 Å². The maximum atomic E-state index is 2.85. The molecule has 0 bridgehead atoms. The third-order valence-electron chi connectivity index (χ3n) is 2.13. The van der Waals surface area contributed by atoms with Crippen LogP contribution in [0.3, 0.4) is 0 Å². The molecule has 2 unspecified atom stereocenters. The molecular weight excluding hydrogens is 151 g/mol. The van der Waals surface area contributed by atoms with Gasteiger partial charge < -0.3 is 0 Å². The van der Waals surface area contributed by atoms with Crippen LogP contribution in [0.5, 0.6) is 0 Å². The van der Waals surface area contributed by atoms with E-state index < -0.39 is 0 Å². The number of hydrogen-bond donors (Lipinski definition) is 0. The Bertz CT molecular complexity index is 216. The molecule has 0 N–H and O–H groups in total. The SMILES string of the molecule is CC1=CC(C(C)(C)C)=CC1P. The van der Waals surface area contributed by atoms with E-state index in [1.807, 2.05) is 0 Å². The van der Waals surface area contributed by atoms with E-state index in [-0.39, 0.29) is 0 Å². The molecule has 1 rings (SSSR count). The van der Waals surface area contributed by atoms with Crippen LogP contribution in [0.1, 0.15) is 27.7 Å². The van der Waals surface area contributed by atoms with Crippen LogP contribution in [0.2, 0.25) is 0 Å². The smallest absolute Gasteiger partial charge is 0.0129 e. The molecule has 0 saturated carbocycles. The van der Waals surface area contributed by atoms with Gasteiger partial charge in [0.15, 0.2) is 0 Å². The molecule has 1 heteroatoms. The fourth-order valence-electron chi connectivity index (χ4n) is 1.18. The number of allylic oxidation sites excluding steroid dienone is 4. The molecule has 0 aromatic carbocycles. The molecule has 2 atom stereocenters. The first-order valence-corrected chi connectivity index (χ1v) is 4.74. The van der Waals surface area contributed by atoms with Crippen LogP contribution in [-0.2, 0) is 0 Å². The Hall–Kier alpha value is -0.0900. The molecule has 0 aromatic heterocycles. The summed E-state index contributed by atoms with van der Waals surface area (Å²) in [4.78, 5) is 0. The van der Waals surface area contributed by atoms with Crippen LogP contribution in [0, 0.1) is 5.41 Å². The van der Waals surface area contributed by atoms with Gasteiger partial charge in [0.25, 0.3) is 0 Å². The summed E-state index contributed by atoms with van der Waals surface area (Å²) in [6, 6.07) is 0. The van der Waals surface area contributed by atoms with E-state index in [4.69, 9.17) is 0 Å². The highest BCUT2D eigenvalue weighted by atomic mass is 31.0. The lowest BCUT2D eigenvalue weighted by Gasteiger charge is -2.18. The minimum atomic E-state index is 0.312. The van der Waals surface area contributed by atoms with E-state index >= 15 is 0 Å². The fraction of sp³-hybridized carbons (Fsp3) is 0.600. The maximum absolute atomic E-state index is 2.85. The van der Waals surface area contributed by atoms with Crippen molar-refractivity contribution in [2.75, 3.05) is 0 Å². The molecule has 0 saturated heterocycles. The Morgan fingerprint density at radius 2 is 1.91 bits per heavy atom. The molecule has 0 heterocycles. The minimum Gasteiger partial charge on any atom is -0.126 e. The molecule has 0 amide bonds. The van der Waals surface area contributed by atoms with Gasteiger partial charge in [-0.05, 0) is 17.9 Å². The summed E-state index contributed by atoms with van der Waals surface area (Å²) < 4.78 is 0. The molecule has 0 radical (unpaired) electrons. The van der Waals surface area contributed by atoms with Gasteiger partial charge in [-0.2, -0.15) is 0 Å². The van der Waals surface area contributed by atoms with E-state index in [1.165, 1.54) is 11.1 Å². The Kier molecular flexibility index (Phi) is 2.25. The predicted molar refractivity (Wildman–Crippen MR) is 54.8 cm³/mol. The lowest BCUT2D eigenvalue weighted by Crippen LogP contribution is -2.06. The van der Waals surface area contributed by atoms with Gasteiger partial charge >= 0.3 is 0 Å². The molecular formula is C10H17P. The quantitative estimate of drug-likeness (QED) is 0.487. The molecule has 1 aliphatic carbocycles. The predicted octanol–water partition coefficient (Wildman–Crippen LogP) is 3.16. The molecule has 62 valence electrons. The first kappa shape index (κ1) is 9.00. The van der Waals surface area contributed by atoms with Gasteiger partial charge in [-0.25, -0.2) is 0 Å². The molecule has 0 fully saturated rings. The average molecular weight is 168 g/mol. The maximum Gasteiger partial charge on any atom is 0.0129 e. The van der Waals surface area contributed by atoms with Crippen molar-refractivity contribution < 1.29 is 0 Å². The van der Waals surface area contributed by atoms with Crippen LogP contribution in [0.4, 0.5) is 0 Å². The third-order valence-corrected chi connectivity index (χ3v) is 2.85. The highest BCUT2D eigenvalue weighted by Gasteiger charge is 2.20. The number of rotatable bonds is 0. The van der Waals surface area contributed by atoms with Crippen molar-refractivity contribution in [1.82, 2.24) is 0 Å². The minimum absolute atomic E-state index is 0.312. The van der Waals surface area contributed by atoms with Crippen LogP contribution in [-0.4, -0.2) is 5.66 Å². The summed E-state index contributed by atoms with van der Waals surface area (Å²) in [6.45, 7) is 8.95. The van der Waals surface area contributed by atoms with Crippen molar-refractivity contribution in [2.45, 2.75) is 33.4 Å². The summed E-state index contributed by atoms with van der Waals surface area (Å²) in [7, 11) is 2.85. The zero-order chi connectivity index (χ0) is 8.65. The van der Waals surface area contributed by atoms with Crippen molar-refractivity contribution >= 4 is 9.24 Å². The molecule has 0 aromatic rings. The van der Waals surface area contributed by atoms with Gasteiger partial charge in [0.2, 0.25) is 0 Å². The normalized spacial score (nSPS) is 25.0. The van der Waals surface area contributed by atoms with E-state index in [9.17, 15) is 0 Å². The van der Waals surface area contributed by atoms with Crippen LogP contribution in [0.25, 0.3) is 0 Å². The zero-order valence-corrected chi connectivity index (χ0v) is 8.96. The Morgan fingerprint density at radius 3 is 2.09 bits per heavy atom. The summed E-state index contributed by atoms with van der Waals surface area (Å²) >= 11 is 0. The van der Waals surface area contributed by atoms with Crippen molar-refractivity contribution in [2.24, 2.45) is 5.41 Å². The second-order valence-corrected chi connectivity index (χ2v) is 5.00. The van der Waals surface area contributed by atoms with E-state index in [1.54, 1.807) is 0 Å². The Morgan fingerprint density at radius 1 is 1.36 bits per heavy atom. The molecule has 0 aliphatic heterocycles. The lowest BCUT2D eigenvalue weighted by atomic mass is 9.87. The highest BCUT2D eigenvalue weighted by Crippen LogP contribution is 2.34. The summed E-state index contributed by atoms with van der Waals surface area (Å²) in [5.41, 5.74) is 3.81. The van der Waals surface area contributed by atoms with Gasteiger partial charge in [-0.15, -0.1) is 9.24 Å². The fourth-order valence-corrected chi connectivity index (χ4v) is 1.48. The summed E-state index contributed by atoms with van der Waals surface area (Å²) in [5, 5.41) is 0. The summed E-state index contributed by atoms with van der Waals surface area (Å²) in [5.74, 6) is 0. The average Bonchev–Trinajstić information content (AvgIpc) is 2.11. The molecule has 0 nitrogen and oxygen atoms in total. The summed E-state index contributed by atoms with van der Waals surface area (Å²) in [6.07, 6.45) is 4.64. The zero-order valence-electron chi connectivity index (χ0n) is 7.81.